The lowest BCUT2D eigenvalue weighted by Gasteiger charge is -2.29. The first kappa shape index (κ1) is 16.5. The highest BCUT2D eigenvalue weighted by atomic mass is 16.5. The lowest BCUT2D eigenvalue weighted by atomic mass is 9.92. The van der Waals surface area contributed by atoms with Crippen molar-refractivity contribution in [2.75, 3.05) is 0 Å². The number of aryl methyl sites for hydroxylation is 2. The van der Waals surface area contributed by atoms with Crippen LogP contribution in [0.1, 0.15) is 52.0 Å². The number of Topliss-reactive ketones (excluding diaryl/α,β-unsaturated/α-hetero) is 1. The zero-order valence-electron chi connectivity index (χ0n) is 15.1. The van der Waals surface area contributed by atoms with Crippen LogP contribution in [0.15, 0.2) is 36.4 Å². The summed E-state index contributed by atoms with van der Waals surface area (Å²) >= 11 is 0. The normalized spacial score (nSPS) is 14.9. The number of rotatable bonds is 3. The fourth-order valence-corrected chi connectivity index (χ4v) is 3.03. The minimum absolute atomic E-state index is 0.155. The predicted octanol–water partition coefficient (Wildman–Crippen LogP) is 5.22. The summed E-state index contributed by atoms with van der Waals surface area (Å²) in [4.78, 5) is 12.7. The van der Waals surface area contributed by atoms with Crippen molar-refractivity contribution in [3.8, 4) is 5.75 Å². The Bertz CT molecular complexity index is 841. The van der Waals surface area contributed by atoms with Gasteiger partial charge in [0, 0.05) is 17.5 Å². The maximum Gasteiger partial charge on any atom is 0.167 e. The average molecular weight is 320 g/mol. The molecule has 124 valence electrons. The second kappa shape index (κ2) is 5.94. The fraction of sp³-hybridized carbons (Fsp3) is 0.318. The molecule has 1 aliphatic heterocycles. The molecule has 1 aliphatic rings. The quantitative estimate of drug-likeness (QED) is 0.725. The van der Waals surface area contributed by atoms with Crippen molar-refractivity contribution in [2.24, 2.45) is 0 Å². The first-order valence-electron chi connectivity index (χ1n) is 8.38. The van der Waals surface area contributed by atoms with Crippen molar-refractivity contribution in [1.82, 2.24) is 0 Å². The second-order valence-electron chi connectivity index (χ2n) is 7.20. The Hall–Kier alpha value is -2.35. The highest BCUT2D eigenvalue weighted by Gasteiger charge is 2.23. The van der Waals surface area contributed by atoms with Crippen molar-refractivity contribution in [3.05, 3.63) is 69.8 Å². The van der Waals surface area contributed by atoms with E-state index in [0.717, 1.165) is 33.6 Å². The van der Waals surface area contributed by atoms with E-state index in [1.165, 1.54) is 5.56 Å². The topological polar surface area (TPSA) is 26.3 Å². The molecule has 2 aromatic carbocycles. The third-order valence-corrected chi connectivity index (χ3v) is 4.79. The molecule has 1 heterocycles. The van der Waals surface area contributed by atoms with Gasteiger partial charge in [-0.3, -0.25) is 4.79 Å². The Balaban J connectivity index is 1.88. The van der Waals surface area contributed by atoms with Gasteiger partial charge in [0.05, 0.1) is 0 Å². The molecule has 0 N–H and O–H groups in total. The Kier molecular flexibility index (Phi) is 4.08. The first-order valence-corrected chi connectivity index (χ1v) is 8.38. The zero-order valence-corrected chi connectivity index (χ0v) is 15.1. The van der Waals surface area contributed by atoms with E-state index in [0.29, 0.717) is 6.42 Å². The molecule has 0 atom stereocenters. The van der Waals surface area contributed by atoms with Crippen LogP contribution in [0.5, 0.6) is 5.75 Å². The minimum atomic E-state index is -0.282. The van der Waals surface area contributed by atoms with Crippen LogP contribution in [0.2, 0.25) is 0 Å². The molecular weight excluding hydrogens is 296 g/mol. The highest BCUT2D eigenvalue weighted by Crippen LogP contribution is 2.34. The third kappa shape index (κ3) is 3.14. The molecule has 0 saturated carbocycles. The van der Waals surface area contributed by atoms with Gasteiger partial charge in [-0.25, -0.2) is 0 Å². The highest BCUT2D eigenvalue weighted by molar-refractivity contribution is 5.98. The summed E-state index contributed by atoms with van der Waals surface area (Å²) in [6, 6.07) is 9.92. The predicted molar refractivity (Wildman–Crippen MR) is 98.9 cm³/mol. The van der Waals surface area contributed by atoms with Crippen LogP contribution in [0.25, 0.3) is 6.08 Å². The van der Waals surface area contributed by atoms with Crippen LogP contribution >= 0.6 is 0 Å². The average Bonchev–Trinajstić information content (AvgIpc) is 2.51. The van der Waals surface area contributed by atoms with E-state index >= 15 is 0 Å². The van der Waals surface area contributed by atoms with Crippen molar-refractivity contribution in [2.45, 2.75) is 46.6 Å². The number of carbonyl (C=O) groups is 1. The van der Waals surface area contributed by atoms with E-state index in [-0.39, 0.29) is 11.4 Å². The van der Waals surface area contributed by atoms with Gasteiger partial charge in [-0.1, -0.05) is 24.3 Å². The molecule has 2 heteroatoms. The Morgan fingerprint density at radius 1 is 1.04 bits per heavy atom. The number of hydrogen-bond acceptors (Lipinski definition) is 2. The van der Waals surface area contributed by atoms with Crippen molar-refractivity contribution < 1.29 is 9.53 Å². The van der Waals surface area contributed by atoms with Gasteiger partial charge in [-0.05, 0) is 75.1 Å². The van der Waals surface area contributed by atoms with Crippen molar-refractivity contribution >= 4 is 11.9 Å². The van der Waals surface area contributed by atoms with Crippen LogP contribution in [0.3, 0.4) is 0 Å². The van der Waals surface area contributed by atoms with Crippen molar-refractivity contribution in [1.29, 1.82) is 0 Å². The summed E-state index contributed by atoms with van der Waals surface area (Å²) < 4.78 is 6.00. The van der Waals surface area contributed by atoms with Crippen LogP contribution in [0, 0.1) is 20.8 Å². The van der Waals surface area contributed by atoms with Crippen LogP contribution in [-0.4, -0.2) is 11.4 Å². The summed E-state index contributed by atoms with van der Waals surface area (Å²) in [6.07, 6.45) is 4.59. The van der Waals surface area contributed by atoms with Gasteiger partial charge in [0.2, 0.25) is 0 Å². The molecule has 0 fully saturated rings. The monoisotopic (exact) mass is 320 g/mol. The van der Waals surface area contributed by atoms with E-state index < -0.39 is 0 Å². The lowest BCUT2D eigenvalue weighted by Crippen LogP contribution is -2.27. The van der Waals surface area contributed by atoms with E-state index in [2.05, 4.69) is 26.0 Å². The number of benzene rings is 2. The van der Waals surface area contributed by atoms with Crippen LogP contribution < -0.4 is 4.74 Å². The van der Waals surface area contributed by atoms with Gasteiger partial charge in [0.1, 0.15) is 11.4 Å². The Morgan fingerprint density at radius 2 is 1.79 bits per heavy atom. The number of carbonyl (C=O) groups excluding carboxylic acids is 1. The number of ether oxygens (including phenoxy) is 1. The van der Waals surface area contributed by atoms with Crippen molar-refractivity contribution in [3.63, 3.8) is 0 Å². The molecule has 0 saturated heterocycles. The lowest BCUT2D eigenvalue weighted by molar-refractivity contribution is 0.0992. The number of fused-ring (bicyclic) bond motifs is 1. The molecule has 0 aromatic heterocycles. The molecule has 3 rings (SSSR count). The van der Waals surface area contributed by atoms with Crippen LogP contribution in [0.4, 0.5) is 0 Å². The van der Waals surface area contributed by atoms with Gasteiger partial charge in [-0.15, -0.1) is 0 Å². The molecule has 24 heavy (non-hydrogen) atoms. The summed E-state index contributed by atoms with van der Waals surface area (Å²) in [5.41, 5.74) is 6.13. The molecule has 0 amide bonds. The van der Waals surface area contributed by atoms with Gasteiger partial charge < -0.3 is 4.74 Å². The van der Waals surface area contributed by atoms with Gasteiger partial charge in [0.15, 0.2) is 5.78 Å². The summed E-state index contributed by atoms with van der Waals surface area (Å²) in [7, 11) is 0. The van der Waals surface area contributed by atoms with Crippen LogP contribution in [-0.2, 0) is 6.42 Å². The molecule has 0 unspecified atom stereocenters. The van der Waals surface area contributed by atoms with Gasteiger partial charge >= 0.3 is 0 Å². The summed E-state index contributed by atoms with van der Waals surface area (Å²) in [5, 5.41) is 0. The maximum atomic E-state index is 12.7. The standard InChI is InChI=1S/C22H24O2/c1-14-6-7-18(12-15(14)2)20(23)13-17-8-9-21-19(16(17)3)10-11-22(4,5)24-21/h6-12H,13H2,1-5H3. The minimum Gasteiger partial charge on any atom is -0.483 e. The zero-order chi connectivity index (χ0) is 17.5. The Labute approximate surface area is 144 Å². The molecule has 0 spiro atoms. The first-order chi connectivity index (χ1) is 11.3. The molecular formula is C22H24O2. The van der Waals surface area contributed by atoms with E-state index in [1.54, 1.807) is 0 Å². The third-order valence-electron chi connectivity index (χ3n) is 4.79. The number of ketones is 1. The van der Waals surface area contributed by atoms with Gasteiger partial charge in [-0.2, -0.15) is 0 Å². The fourth-order valence-electron chi connectivity index (χ4n) is 3.03. The van der Waals surface area contributed by atoms with E-state index in [4.69, 9.17) is 4.74 Å². The SMILES string of the molecule is Cc1ccc(C(=O)Cc2ccc3c(c2C)C=CC(C)(C)O3)cc1C. The molecule has 2 nitrogen and oxygen atoms in total. The molecule has 0 bridgehead atoms. The largest absolute Gasteiger partial charge is 0.483 e. The van der Waals surface area contributed by atoms with E-state index in [9.17, 15) is 4.79 Å². The molecule has 0 radical (unpaired) electrons. The summed E-state index contributed by atoms with van der Waals surface area (Å²) in [6.45, 7) is 10.2. The smallest absolute Gasteiger partial charge is 0.167 e. The van der Waals surface area contributed by atoms with E-state index in [1.807, 2.05) is 51.1 Å². The second-order valence-corrected chi connectivity index (χ2v) is 7.20. The summed E-state index contributed by atoms with van der Waals surface area (Å²) in [5.74, 6) is 1.05. The molecule has 0 aliphatic carbocycles. The Morgan fingerprint density at radius 3 is 2.50 bits per heavy atom. The van der Waals surface area contributed by atoms with Gasteiger partial charge in [0.25, 0.3) is 0 Å². The maximum absolute atomic E-state index is 12.7. The molecule has 2 aromatic rings. The number of hydrogen-bond donors (Lipinski definition) is 0.